The molecule has 0 aromatic heterocycles. The summed E-state index contributed by atoms with van der Waals surface area (Å²) < 4.78 is 0. The summed E-state index contributed by atoms with van der Waals surface area (Å²) in [5.41, 5.74) is 4.39. The van der Waals surface area contributed by atoms with Crippen molar-refractivity contribution < 1.29 is 0 Å². The van der Waals surface area contributed by atoms with Gasteiger partial charge in [-0.1, -0.05) is 112 Å². The predicted octanol–water partition coefficient (Wildman–Crippen LogP) is 6.65. The third-order valence-corrected chi connectivity index (χ3v) is 4.83. The van der Waals surface area contributed by atoms with Gasteiger partial charge in [-0.15, -0.1) is 0 Å². The molecule has 0 N–H and O–H groups in total. The molecule has 0 aliphatic heterocycles. The highest BCUT2D eigenvalue weighted by Gasteiger charge is 2.38. The normalized spacial score (nSPS) is 12.1. The van der Waals surface area contributed by atoms with Crippen LogP contribution in [0.15, 0.2) is 91.0 Å². The predicted molar refractivity (Wildman–Crippen MR) is 108 cm³/mol. The van der Waals surface area contributed by atoms with E-state index in [1.54, 1.807) is 0 Å². The largest absolute Gasteiger partial charge is 0.0622 e. The van der Waals surface area contributed by atoms with Gasteiger partial charge in [0.1, 0.15) is 0 Å². The van der Waals surface area contributed by atoms with Crippen LogP contribution in [0.5, 0.6) is 0 Å². The molecule has 0 aliphatic carbocycles. The smallest absolute Gasteiger partial charge is 0.0248 e. The first-order valence-corrected chi connectivity index (χ1v) is 9.15. The Labute approximate surface area is 152 Å². The average Bonchev–Trinajstić information content (AvgIpc) is 2.62. The number of hydrogen-bond donors (Lipinski definition) is 0. The minimum Gasteiger partial charge on any atom is -0.0622 e. The first-order valence-electron chi connectivity index (χ1n) is 9.15. The number of hydrogen-bond acceptors (Lipinski definition) is 0. The summed E-state index contributed by atoms with van der Waals surface area (Å²) in [4.78, 5) is 0. The number of benzene rings is 3. The Bertz CT molecular complexity index is 725. The van der Waals surface area contributed by atoms with Crippen LogP contribution in [0.2, 0.25) is 0 Å². The van der Waals surface area contributed by atoms with Crippen molar-refractivity contribution in [1.29, 1.82) is 0 Å². The quantitative estimate of drug-likeness (QED) is 0.492. The van der Waals surface area contributed by atoms with Gasteiger partial charge in [-0.25, -0.2) is 0 Å². The van der Waals surface area contributed by atoms with Gasteiger partial charge >= 0.3 is 0 Å². The monoisotopic (exact) mass is 328 g/mol. The third-order valence-electron chi connectivity index (χ3n) is 4.83. The van der Waals surface area contributed by atoms with E-state index in [0.717, 1.165) is 12.8 Å². The fraction of sp³-hybridized carbons (Fsp3) is 0.280. The van der Waals surface area contributed by atoms with Crippen molar-refractivity contribution in [2.24, 2.45) is 5.41 Å². The topological polar surface area (TPSA) is 0 Å². The van der Waals surface area contributed by atoms with Crippen LogP contribution in [-0.4, -0.2) is 0 Å². The van der Waals surface area contributed by atoms with E-state index in [-0.39, 0.29) is 10.8 Å². The van der Waals surface area contributed by atoms with E-state index < -0.39 is 0 Å². The van der Waals surface area contributed by atoms with Crippen LogP contribution >= 0.6 is 0 Å². The van der Waals surface area contributed by atoms with E-state index in [1.165, 1.54) is 16.7 Å². The lowest BCUT2D eigenvalue weighted by molar-refractivity contribution is 0.283. The van der Waals surface area contributed by atoms with E-state index in [2.05, 4.69) is 112 Å². The molecule has 0 saturated carbocycles. The van der Waals surface area contributed by atoms with Crippen molar-refractivity contribution in [3.63, 3.8) is 0 Å². The molecule has 0 nitrogen and oxygen atoms in total. The Morgan fingerprint density at radius 3 is 1.36 bits per heavy atom. The van der Waals surface area contributed by atoms with Crippen molar-refractivity contribution in [3.8, 4) is 0 Å². The Kier molecular flexibility index (Phi) is 5.08. The van der Waals surface area contributed by atoms with Gasteiger partial charge in [0.25, 0.3) is 0 Å². The maximum absolute atomic E-state index is 2.35. The van der Waals surface area contributed by atoms with Crippen LogP contribution in [0.1, 0.15) is 43.9 Å². The minimum atomic E-state index is -0.0257. The molecule has 3 aromatic carbocycles. The van der Waals surface area contributed by atoms with Crippen molar-refractivity contribution in [2.45, 2.75) is 39.0 Å². The van der Waals surface area contributed by atoms with Gasteiger partial charge in [0.2, 0.25) is 0 Å². The molecule has 25 heavy (non-hydrogen) atoms. The fourth-order valence-electron chi connectivity index (χ4n) is 4.00. The maximum atomic E-state index is 2.35. The Hall–Kier alpha value is -2.34. The van der Waals surface area contributed by atoms with Gasteiger partial charge in [0.05, 0.1) is 0 Å². The summed E-state index contributed by atoms with van der Waals surface area (Å²) in [6.07, 6.45) is 2.11. The molecule has 0 spiro atoms. The average molecular weight is 328 g/mol. The van der Waals surface area contributed by atoms with Crippen LogP contribution in [0.3, 0.4) is 0 Å². The maximum Gasteiger partial charge on any atom is 0.0248 e. The van der Waals surface area contributed by atoms with Gasteiger partial charge in [0, 0.05) is 5.41 Å². The van der Waals surface area contributed by atoms with E-state index in [0.29, 0.717) is 0 Å². The first-order chi connectivity index (χ1) is 12.0. The lowest BCUT2D eigenvalue weighted by atomic mass is 9.63. The van der Waals surface area contributed by atoms with Gasteiger partial charge < -0.3 is 0 Å². The second-order valence-corrected chi connectivity index (χ2v) is 8.21. The highest BCUT2D eigenvalue weighted by Crippen LogP contribution is 2.44. The van der Waals surface area contributed by atoms with Crippen LogP contribution < -0.4 is 0 Å². The highest BCUT2D eigenvalue weighted by molar-refractivity contribution is 5.42. The van der Waals surface area contributed by atoms with Crippen molar-refractivity contribution in [1.82, 2.24) is 0 Å². The van der Waals surface area contributed by atoms with E-state index in [4.69, 9.17) is 0 Å². The van der Waals surface area contributed by atoms with Crippen LogP contribution in [0.4, 0.5) is 0 Å². The standard InChI is InChI=1S/C25H28/c1-24(2,3)20-25(22-15-9-5-10-16-22,23-17-11-6-12-18-23)19-21-13-7-4-8-14-21/h4-18H,19-20H2,1-3H3. The van der Waals surface area contributed by atoms with E-state index >= 15 is 0 Å². The van der Waals surface area contributed by atoms with Crippen molar-refractivity contribution in [2.75, 3.05) is 0 Å². The molecule has 0 saturated heterocycles. The van der Waals surface area contributed by atoms with Gasteiger partial charge in [-0.05, 0) is 34.9 Å². The molecule has 0 unspecified atom stereocenters. The summed E-state index contributed by atoms with van der Waals surface area (Å²) in [6, 6.07) is 33.0. The third kappa shape index (κ3) is 4.20. The summed E-state index contributed by atoms with van der Waals surface area (Å²) in [5.74, 6) is 0. The van der Waals surface area contributed by atoms with Gasteiger partial charge in [-0.3, -0.25) is 0 Å². The Balaban J connectivity index is 2.19. The van der Waals surface area contributed by atoms with E-state index in [1.807, 2.05) is 0 Å². The summed E-state index contributed by atoms with van der Waals surface area (Å²) >= 11 is 0. The lowest BCUT2D eigenvalue weighted by Crippen LogP contribution is -2.35. The Morgan fingerprint density at radius 2 is 0.960 bits per heavy atom. The molecular weight excluding hydrogens is 300 g/mol. The molecule has 0 amide bonds. The highest BCUT2D eigenvalue weighted by atomic mass is 14.4. The molecule has 0 atom stereocenters. The van der Waals surface area contributed by atoms with Crippen LogP contribution in [0.25, 0.3) is 0 Å². The van der Waals surface area contributed by atoms with Crippen LogP contribution in [0, 0.1) is 5.41 Å². The zero-order valence-corrected chi connectivity index (χ0v) is 15.6. The zero-order chi connectivity index (χ0) is 17.8. The second kappa shape index (κ2) is 7.27. The van der Waals surface area contributed by atoms with E-state index in [9.17, 15) is 0 Å². The molecular formula is C25H28. The van der Waals surface area contributed by atoms with Crippen molar-refractivity contribution in [3.05, 3.63) is 108 Å². The summed E-state index contributed by atoms with van der Waals surface area (Å²) in [7, 11) is 0. The molecule has 0 radical (unpaired) electrons. The zero-order valence-electron chi connectivity index (χ0n) is 15.6. The molecule has 0 heterocycles. The molecule has 3 rings (SSSR count). The molecule has 0 aliphatic rings. The van der Waals surface area contributed by atoms with Gasteiger partial charge in [-0.2, -0.15) is 0 Å². The summed E-state index contributed by atoms with van der Waals surface area (Å²) in [5, 5.41) is 0. The number of rotatable bonds is 5. The molecule has 3 aromatic rings. The fourth-order valence-corrected chi connectivity index (χ4v) is 4.00. The SMILES string of the molecule is CC(C)(C)CC(Cc1ccccc1)(c1ccccc1)c1ccccc1. The summed E-state index contributed by atoms with van der Waals surface area (Å²) in [6.45, 7) is 7.04. The lowest BCUT2D eigenvalue weighted by Gasteiger charge is -2.40. The van der Waals surface area contributed by atoms with Crippen molar-refractivity contribution >= 4 is 0 Å². The molecule has 0 bridgehead atoms. The molecule has 128 valence electrons. The minimum absolute atomic E-state index is 0.0257. The molecule has 0 heteroatoms. The Morgan fingerprint density at radius 1 is 0.560 bits per heavy atom. The van der Waals surface area contributed by atoms with Gasteiger partial charge in [0.15, 0.2) is 0 Å². The van der Waals surface area contributed by atoms with Crippen LogP contribution in [-0.2, 0) is 11.8 Å². The molecule has 0 fully saturated rings. The second-order valence-electron chi connectivity index (χ2n) is 8.21. The first kappa shape index (κ1) is 17.5.